The van der Waals surface area contributed by atoms with Crippen LogP contribution in [0.5, 0.6) is 0 Å². The van der Waals surface area contributed by atoms with Crippen molar-refractivity contribution < 1.29 is 9.53 Å². The van der Waals surface area contributed by atoms with E-state index in [0.717, 1.165) is 39.9 Å². The predicted octanol–water partition coefficient (Wildman–Crippen LogP) is 3.10. The van der Waals surface area contributed by atoms with Gasteiger partial charge in [0.1, 0.15) is 10.7 Å². The molecule has 0 amide bonds. The van der Waals surface area contributed by atoms with E-state index < -0.39 is 0 Å². The van der Waals surface area contributed by atoms with Crippen molar-refractivity contribution in [1.29, 1.82) is 0 Å². The third kappa shape index (κ3) is 5.41. The molecule has 9 nitrogen and oxygen atoms in total. The van der Waals surface area contributed by atoms with E-state index in [4.69, 9.17) is 9.72 Å². The highest BCUT2D eigenvalue weighted by atomic mass is 32.2. The normalized spacial score (nSPS) is 14.6. The van der Waals surface area contributed by atoms with Crippen molar-refractivity contribution in [2.45, 2.75) is 23.3 Å². The summed E-state index contributed by atoms with van der Waals surface area (Å²) in [6, 6.07) is 12.0. The fraction of sp³-hybridized carbons (Fsp3) is 0.304. The molecule has 4 aromatic rings. The van der Waals surface area contributed by atoms with Gasteiger partial charge in [-0.1, -0.05) is 23.9 Å². The quantitative estimate of drug-likeness (QED) is 0.385. The number of carbonyl (C=O) groups is 1. The number of nitrogens with one attached hydrogen (secondary N) is 2. The SMILES string of the molecule is Cc1cc(Nc2nc(Sc3ccc(CC(=O)CN4CCOCC4)cc3)cc3nccn23)n[nH]1. The number of benzene rings is 1. The molecule has 1 aliphatic rings. The van der Waals surface area contributed by atoms with Gasteiger partial charge in [-0.3, -0.25) is 19.2 Å². The predicted molar refractivity (Wildman–Crippen MR) is 126 cm³/mol. The van der Waals surface area contributed by atoms with Crippen molar-refractivity contribution in [2.75, 3.05) is 38.2 Å². The lowest BCUT2D eigenvalue weighted by Gasteiger charge is -2.25. The topological polar surface area (TPSA) is 100 Å². The summed E-state index contributed by atoms with van der Waals surface area (Å²) < 4.78 is 7.23. The van der Waals surface area contributed by atoms with Gasteiger partial charge in [-0.25, -0.2) is 9.97 Å². The Morgan fingerprint density at radius 3 is 2.79 bits per heavy atom. The molecule has 1 aliphatic heterocycles. The number of morpholine rings is 1. The number of aromatic nitrogens is 5. The summed E-state index contributed by atoms with van der Waals surface area (Å²) in [6.07, 6.45) is 4.05. The van der Waals surface area contributed by atoms with Gasteiger partial charge in [-0.2, -0.15) is 5.10 Å². The number of hydrogen-bond acceptors (Lipinski definition) is 8. The van der Waals surface area contributed by atoms with Crippen LogP contribution in [0, 0.1) is 6.92 Å². The van der Waals surface area contributed by atoms with E-state index in [-0.39, 0.29) is 5.78 Å². The minimum absolute atomic E-state index is 0.230. The largest absolute Gasteiger partial charge is 0.379 e. The van der Waals surface area contributed by atoms with E-state index in [1.54, 1.807) is 18.0 Å². The van der Waals surface area contributed by atoms with Gasteiger partial charge in [-0.05, 0) is 24.6 Å². The van der Waals surface area contributed by atoms with E-state index >= 15 is 0 Å². The Balaban J connectivity index is 1.26. The lowest BCUT2D eigenvalue weighted by molar-refractivity contribution is -0.120. The number of nitrogens with zero attached hydrogens (tertiary/aromatic N) is 5. The molecule has 1 saturated heterocycles. The molecule has 3 aromatic heterocycles. The summed E-state index contributed by atoms with van der Waals surface area (Å²) in [5.74, 6) is 1.57. The molecule has 33 heavy (non-hydrogen) atoms. The highest BCUT2D eigenvalue weighted by Gasteiger charge is 2.15. The van der Waals surface area contributed by atoms with Gasteiger partial charge in [0, 0.05) is 54.6 Å². The molecule has 1 aromatic carbocycles. The molecular weight excluding hydrogens is 438 g/mol. The average molecular weight is 464 g/mol. The third-order valence-electron chi connectivity index (χ3n) is 5.36. The number of ketones is 1. The van der Waals surface area contributed by atoms with E-state index in [9.17, 15) is 4.79 Å². The molecule has 1 fully saturated rings. The van der Waals surface area contributed by atoms with E-state index in [1.165, 1.54) is 0 Å². The van der Waals surface area contributed by atoms with Crippen molar-refractivity contribution in [3.8, 4) is 0 Å². The van der Waals surface area contributed by atoms with Crippen molar-refractivity contribution in [1.82, 2.24) is 29.5 Å². The monoisotopic (exact) mass is 463 g/mol. The van der Waals surface area contributed by atoms with Crippen LogP contribution in [0.2, 0.25) is 0 Å². The highest BCUT2D eigenvalue weighted by molar-refractivity contribution is 7.99. The van der Waals surface area contributed by atoms with Crippen LogP contribution < -0.4 is 5.32 Å². The Morgan fingerprint density at radius 1 is 1.21 bits per heavy atom. The fourth-order valence-electron chi connectivity index (χ4n) is 3.73. The van der Waals surface area contributed by atoms with Gasteiger partial charge >= 0.3 is 0 Å². The van der Waals surface area contributed by atoms with Gasteiger partial charge in [0.05, 0.1) is 19.8 Å². The van der Waals surface area contributed by atoms with Crippen LogP contribution in [0.1, 0.15) is 11.3 Å². The maximum Gasteiger partial charge on any atom is 0.215 e. The molecule has 0 atom stereocenters. The summed E-state index contributed by atoms with van der Waals surface area (Å²) >= 11 is 1.55. The molecule has 170 valence electrons. The first kappa shape index (κ1) is 21.6. The van der Waals surface area contributed by atoms with Gasteiger partial charge in [0.15, 0.2) is 11.6 Å². The second-order valence-electron chi connectivity index (χ2n) is 7.98. The summed E-state index contributed by atoms with van der Waals surface area (Å²) in [4.78, 5) is 24.8. The van der Waals surface area contributed by atoms with Crippen LogP contribution in [0.25, 0.3) is 5.65 Å². The Kier molecular flexibility index (Phi) is 6.38. The minimum Gasteiger partial charge on any atom is -0.379 e. The van der Waals surface area contributed by atoms with E-state index in [1.807, 2.05) is 53.9 Å². The number of H-pyrrole nitrogens is 1. The first-order valence-electron chi connectivity index (χ1n) is 10.8. The smallest absolute Gasteiger partial charge is 0.215 e. The Hall–Kier alpha value is -3.21. The zero-order valence-electron chi connectivity index (χ0n) is 18.3. The van der Waals surface area contributed by atoms with Crippen LogP contribution in [0.4, 0.5) is 11.8 Å². The number of rotatable bonds is 8. The number of imidazole rings is 1. The van der Waals surface area contributed by atoms with Gasteiger partial charge in [0.25, 0.3) is 0 Å². The molecular formula is C23H25N7O2S. The van der Waals surface area contributed by atoms with Crippen LogP contribution in [-0.2, 0) is 16.0 Å². The van der Waals surface area contributed by atoms with Gasteiger partial charge in [0.2, 0.25) is 5.95 Å². The van der Waals surface area contributed by atoms with Crippen molar-refractivity contribution in [2.24, 2.45) is 0 Å². The molecule has 0 spiro atoms. The number of ether oxygens (including phenoxy) is 1. The number of carbonyl (C=O) groups excluding carboxylic acids is 1. The fourth-order valence-corrected chi connectivity index (χ4v) is 4.54. The maximum atomic E-state index is 12.4. The summed E-state index contributed by atoms with van der Waals surface area (Å²) in [6.45, 7) is 5.49. The van der Waals surface area contributed by atoms with Crippen LogP contribution in [0.3, 0.4) is 0 Å². The molecule has 0 unspecified atom stereocenters. The molecule has 0 saturated carbocycles. The molecule has 4 heterocycles. The van der Waals surface area contributed by atoms with Crippen molar-refractivity contribution in [3.05, 3.63) is 60.0 Å². The number of hydrogen-bond donors (Lipinski definition) is 2. The first-order chi connectivity index (χ1) is 16.1. The number of fused-ring (bicyclic) bond motifs is 1. The number of aromatic amines is 1. The second kappa shape index (κ2) is 9.74. The standard InChI is InChI=1S/C23H25N7O2S/c1-16-12-20(28-27-16)25-23-26-22(14-21-24-6-7-30(21)23)33-19-4-2-17(3-5-19)13-18(31)15-29-8-10-32-11-9-29/h2-7,12,14H,8-11,13,15H2,1H3,(H2,25,26,27,28). The number of anilines is 2. The van der Waals surface area contributed by atoms with Crippen LogP contribution in [0.15, 0.2) is 58.7 Å². The number of Topliss-reactive ketones (excluding diaryl/α,β-unsaturated/α-hetero) is 1. The third-order valence-corrected chi connectivity index (χ3v) is 6.29. The summed E-state index contributed by atoms with van der Waals surface area (Å²) in [5.41, 5.74) is 2.78. The van der Waals surface area contributed by atoms with Crippen molar-refractivity contribution >= 4 is 35.0 Å². The Morgan fingerprint density at radius 2 is 2.03 bits per heavy atom. The Labute approximate surface area is 195 Å². The number of aryl methyl sites for hydroxylation is 1. The van der Waals surface area contributed by atoms with Crippen LogP contribution in [-0.4, -0.2) is 68.1 Å². The zero-order valence-corrected chi connectivity index (χ0v) is 19.1. The van der Waals surface area contributed by atoms with Gasteiger partial charge < -0.3 is 10.1 Å². The maximum absolute atomic E-state index is 12.4. The lowest BCUT2D eigenvalue weighted by Crippen LogP contribution is -2.39. The van der Waals surface area contributed by atoms with E-state index in [0.29, 0.717) is 37.9 Å². The first-order valence-corrected chi connectivity index (χ1v) is 11.7. The Bertz CT molecular complexity index is 1250. The molecule has 0 aliphatic carbocycles. The zero-order chi connectivity index (χ0) is 22.6. The molecule has 5 rings (SSSR count). The second-order valence-corrected chi connectivity index (χ2v) is 9.08. The lowest BCUT2D eigenvalue weighted by atomic mass is 10.1. The summed E-state index contributed by atoms with van der Waals surface area (Å²) in [5, 5.41) is 11.2. The van der Waals surface area contributed by atoms with Crippen molar-refractivity contribution in [3.63, 3.8) is 0 Å². The summed E-state index contributed by atoms with van der Waals surface area (Å²) in [7, 11) is 0. The molecule has 0 radical (unpaired) electrons. The highest BCUT2D eigenvalue weighted by Crippen LogP contribution is 2.29. The molecule has 0 bridgehead atoms. The van der Waals surface area contributed by atoms with E-state index in [2.05, 4.69) is 25.4 Å². The minimum atomic E-state index is 0.230. The van der Waals surface area contributed by atoms with Crippen LogP contribution >= 0.6 is 11.8 Å². The molecule has 10 heteroatoms. The molecule has 2 N–H and O–H groups in total. The van der Waals surface area contributed by atoms with Gasteiger partial charge in [-0.15, -0.1) is 0 Å². The average Bonchev–Trinajstić information content (AvgIpc) is 3.44.